The summed E-state index contributed by atoms with van der Waals surface area (Å²) in [6.07, 6.45) is 1.55. The molecule has 5 rings (SSSR count). The first-order valence-electron chi connectivity index (χ1n) is 14.2. The minimum atomic E-state index is -0.284. The minimum Gasteiger partial charge on any atom is -0.493 e. The van der Waals surface area contributed by atoms with Crippen molar-refractivity contribution in [2.75, 3.05) is 33.3 Å². The van der Waals surface area contributed by atoms with Gasteiger partial charge in [-0.2, -0.15) is 5.10 Å². The summed E-state index contributed by atoms with van der Waals surface area (Å²) in [4.78, 5) is 17.7. The minimum absolute atomic E-state index is 0.235. The molecule has 0 atom stereocenters. The van der Waals surface area contributed by atoms with Gasteiger partial charge in [0.1, 0.15) is 6.61 Å². The highest BCUT2D eigenvalue weighted by Gasteiger charge is 2.17. The summed E-state index contributed by atoms with van der Waals surface area (Å²) < 4.78 is 12.2. The lowest BCUT2D eigenvalue weighted by Crippen LogP contribution is -2.45. The van der Waals surface area contributed by atoms with E-state index in [0.29, 0.717) is 37.1 Å². The number of amides is 1. The van der Waals surface area contributed by atoms with E-state index in [1.807, 2.05) is 36.4 Å². The maximum atomic E-state index is 12.7. The molecule has 44 heavy (non-hydrogen) atoms. The molecule has 1 N–H and O–H groups in total. The quantitative estimate of drug-likeness (QED) is 0.131. The molecule has 0 spiro atoms. The number of halogens is 3. The number of carbonyl (C=O) groups excluding carboxylic acids is 1. The zero-order chi connectivity index (χ0) is 30.9. The number of methoxy groups -OCH3 is 1. The van der Waals surface area contributed by atoms with Crippen molar-refractivity contribution >= 4 is 51.3 Å². The van der Waals surface area contributed by atoms with Crippen molar-refractivity contribution in [2.24, 2.45) is 5.10 Å². The van der Waals surface area contributed by atoms with E-state index < -0.39 is 0 Å². The van der Waals surface area contributed by atoms with E-state index in [2.05, 4.69) is 66.6 Å². The molecule has 7 nitrogen and oxygen atoms in total. The molecule has 0 unspecified atom stereocenters. The second-order valence-electron chi connectivity index (χ2n) is 10.5. The van der Waals surface area contributed by atoms with Crippen LogP contribution in [-0.2, 0) is 19.7 Å². The van der Waals surface area contributed by atoms with Crippen molar-refractivity contribution in [1.29, 1.82) is 0 Å². The Bertz CT molecular complexity index is 1590. The fourth-order valence-corrected chi connectivity index (χ4v) is 5.98. The molecular weight excluding hydrogens is 663 g/mol. The molecule has 1 saturated heterocycles. The summed E-state index contributed by atoms with van der Waals surface area (Å²) in [6, 6.07) is 27.1. The highest BCUT2D eigenvalue weighted by atomic mass is 79.9. The first-order chi connectivity index (χ1) is 21.4. The Morgan fingerprint density at radius 2 is 1.57 bits per heavy atom. The molecule has 1 aliphatic rings. The Morgan fingerprint density at radius 3 is 2.20 bits per heavy atom. The number of ether oxygens (including phenoxy) is 2. The van der Waals surface area contributed by atoms with Gasteiger partial charge in [-0.1, -0.05) is 71.7 Å². The number of benzene rings is 4. The van der Waals surface area contributed by atoms with E-state index in [1.165, 1.54) is 11.1 Å². The summed E-state index contributed by atoms with van der Waals surface area (Å²) in [7, 11) is 1.56. The van der Waals surface area contributed by atoms with Gasteiger partial charge in [-0.05, 0) is 69.0 Å². The van der Waals surface area contributed by atoms with Crippen molar-refractivity contribution in [1.82, 2.24) is 15.2 Å². The third-order valence-corrected chi connectivity index (χ3v) is 8.53. The third-order valence-electron chi connectivity index (χ3n) is 7.35. The number of nitrogens with zero attached hydrogens (tertiary/aromatic N) is 3. The van der Waals surface area contributed by atoms with Gasteiger partial charge < -0.3 is 9.47 Å². The van der Waals surface area contributed by atoms with Crippen LogP contribution >= 0.6 is 39.1 Å². The smallest absolute Gasteiger partial charge is 0.271 e. The van der Waals surface area contributed by atoms with Crippen LogP contribution in [0.15, 0.2) is 94.5 Å². The van der Waals surface area contributed by atoms with Gasteiger partial charge in [0.05, 0.1) is 17.8 Å². The van der Waals surface area contributed by atoms with E-state index in [-0.39, 0.29) is 12.5 Å². The Hall–Kier alpha value is -3.40. The first kappa shape index (κ1) is 32.0. The lowest BCUT2D eigenvalue weighted by molar-refractivity contribution is 0.0955. The van der Waals surface area contributed by atoms with Crippen molar-refractivity contribution in [3.05, 3.63) is 127 Å². The highest BCUT2D eigenvalue weighted by molar-refractivity contribution is 9.10. The van der Waals surface area contributed by atoms with Crippen LogP contribution in [0.4, 0.5) is 0 Å². The molecule has 1 heterocycles. The van der Waals surface area contributed by atoms with Crippen LogP contribution in [0.5, 0.6) is 11.5 Å². The van der Waals surface area contributed by atoms with Gasteiger partial charge in [0.2, 0.25) is 0 Å². The van der Waals surface area contributed by atoms with Crippen molar-refractivity contribution in [2.45, 2.75) is 19.7 Å². The lowest BCUT2D eigenvalue weighted by atomic mass is 10.1. The van der Waals surface area contributed by atoms with Crippen LogP contribution in [-0.4, -0.2) is 55.2 Å². The van der Waals surface area contributed by atoms with Gasteiger partial charge in [-0.3, -0.25) is 14.6 Å². The predicted molar refractivity (Wildman–Crippen MR) is 180 cm³/mol. The van der Waals surface area contributed by atoms with Crippen molar-refractivity contribution in [3.63, 3.8) is 0 Å². The molecule has 1 aliphatic heterocycles. The van der Waals surface area contributed by atoms with E-state index >= 15 is 0 Å². The van der Waals surface area contributed by atoms with Crippen LogP contribution in [0.1, 0.15) is 32.6 Å². The summed E-state index contributed by atoms with van der Waals surface area (Å²) in [5.74, 6) is 0.743. The number of hydrazone groups is 1. The Kier molecular flexibility index (Phi) is 11.3. The standard InChI is InChI=1S/C34H33BrCl2N4O3/c1-43-32-18-26(17-30(35)33(32)44-23-28-11-12-29(36)19-31(28)37)20-38-39-34(42)27-9-7-25(8-10-27)22-41-15-13-40(14-16-41)21-24-5-3-2-4-6-24/h2-12,17-20H,13-16,21-23H2,1H3,(H,39,42)/b38-20-. The third kappa shape index (κ3) is 8.83. The van der Waals surface area contributed by atoms with Crippen molar-refractivity contribution < 1.29 is 14.3 Å². The monoisotopic (exact) mass is 694 g/mol. The van der Waals surface area contributed by atoms with Crippen LogP contribution in [0.25, 0.3) is 0 Å². The Labute approximate surface area is 276 Å². The average molecular weight is 696 g/mol. The van der Waals surface area contributed by atoms with Crippen LogP contribution in [0, 0.1) is 0 Å². The first-order valence-corrected chi connectivity index (χ1v) is 15.8. The molecule has 4 aromatic carbocycles. The van der Waals surface area contributed by atoms with Crippen molar-refractivity contribution in [3.8, 4) is 11.5 Å². The Morgan fingerprint density at radius 1 is 0.909 bits per heavy atom. The molecular formula is C34H33BrCl2N4O3. The maximum absolute atomic E-state index is 12.7. The van der Waals surface area contributed by atoms with E-state index in [9.17, 15) is 4.79 Å². The number of hydrogen-bond acceptors (Lipinski definition) is 6. The molecule has 0 saturated carbocycles. The van der Waals surface area contributed by atoms with Gasteiger partial charge in [-0.15, -0.1) is 0 Å². The fourth-order valence-electron chi connectivity index (χ4n) is 4.94. The average Bonchev–Trinajstić information content (AvgIpc) is 3.03. The van der Waals surface area contributed by atoms with Gasteiger partial charge in [0.25, 0.3) is 5.91 Å². The second-order valence-corrected chi connectivity index (χ2v) is 12.2. The number of hydrogen-bond donors (Lipinski definition) is 1. The van der Waals surface area contributed by atoms with Gasteiger partial charge >= 0.3 is 0 Å². The molecule has 0 aliphatic carbocycles. The summed E-state index contributed by atoms with van der Waals surface area (Å²) in [6.45, 7) is 6.23. The van der Waals surface area contributed by atoms with E-state index in [0.717, 1.165) is 44.8 Å². The van der Waals surface area contributed by atoms with Crippen LogP contribution in [0.2, 0.25) is 10.0 Å². The number of piperazine rings is 1. The van der Waals surface area contributed by atoms with Crippen LogP contribution < -0.4 is 14.9 Å². The number of rotatable bonds is 11. The van der Waals surface area contributed by atoms with E-state index in [1.54, 1.807) is 31.5 Å². The molecule has 1 amide bonds. The second kappa shape index (κ2) is 15.5. The van der Waals surface area contributed by atoms with Gasteiger partial charge in [0, 0.05) is 60.4 Å². The number of nitrogens with one attached hydrogen (secondary N) is 1. The molecule has 0 aromatic heterocycles. The molecule has 1 fully saturated rings. The zero-order valence-electron chi connectivity index (χ0n) is 24.3. The maximum Gasteiger partial charge on any atom is 0.271 e. The molecule has 0 bridgehead atoms. The van der Waals surface area contributed by atoms with Crippen LogP contribution in [0.3, 0.4) is 0 Å². The van der Waals surface area contributed by atoms with E-state index in [4.69, 9.17) is 32.7 Å². The summed E-state index contributed by atoms with van der Waals surface area (Å²) in [5.41, 5.74) is 7.19. The SMILES string of the molecule is COc1cc(/C=N\NC(=O)c2ccc(CN3CCN(Cc4ccccc4)CC3)cc2)cc(Br)c1OCc1ccc(Cl)cc1Cl. The lowest BCUT2D eigenvalue weighted by Gasteiger charge is -2.34. The molecule has 0 radical (unpaired) electrons. The summed E-state index contributed by atoms with van der Waals surface area (Å²) in [5, 5.41) is 5.23. The zero-order valence-corrected chi connectivity index (χ0v) is 27.4. The largest absolute Gasteiger partial charge is 0.493 e. The molecule has 10 heteroatoms. The Balaban J connectivity index is 1.10. The molecule has 4 aromatic rings. The van der Waals surface area contributed by atoms with Gasteiger partial charge in [0.15, 0.2) is 11.5 Å². The summed E-state index contributed by atoms with van der Waals surface area (Å²) >= 11 is 15.8. The predicted octanol–water partition coefficient (Wildman–Crippen LogP) is 7.43. The highest BCUT2D eigenvalue weighted by Crippen LogP contribution is 2.37. The molecule has 228 valence electrons. The number of carbonyl (C=O) groups is 1. The topological polar surface area (TPSA) is 66.4 Å². The fraction of sp³-hybridized carbons (Fsp3) is 0.235. The normalized spacial score (nSPS) is 14.1. The van der Waals surface area contributed by atoms with Gasteiger partial charge in [-0.25, -0.2) is 5.43 Å².